The molecular weight excluding hydrogens is 507 g/mol. The van der Waals surface area contributed by atoms with Crippen molar-refractivity contribution in [3.05, 3.63) is 12.2 Å². The second kappa shape index (κ2) is 10.9. The number of aryl methyl sites for hydroxylation is 1. The van der Waals surface area contributed by atoms with Crippen LogP contribution >= 0.6 is 7.67 Å². The lowest BCUT2D eigenvalue weighted by molar-refractivity contribution is -0.149. The number of aliphatic hydroxyl groups excluding tert-OH is 1. The van der Waals surface area contributed by atoms with Gasteiger partial charge in [0.1, 0.15) is 29.2 Å². The van der Waals surface area contributed by atoms with E-state index in [1.165, 1.54) is 38.8 Å². The number of methoxy groups -OCH3 is 1. The van der Waals surface area contributed by atoms with Crippen molar-refractivity contribution in [2.75, 3.05) is 20.3 Å². The van der Waals surface area contributed by atoms with Crippen LogP contribution in [0.15, 0.2) is 6.33 Å². The van der Waals surface area contributed by atoms with Gasteiger partial charge >= 0.3 is 13.6 Å². The van der Waals surface area contributed by atoms with E-state index in [2.05, 4.69) is 25.1 Å². The number of nitrogens with zero attached hydrogens (tertiary/aromatic N) is 4. The molecule has 2 aromatic heterocycles. The molecule has 0 radical (unpaired) electrons. The van der Waals surface area contributed by atoms with Gasteiger partial charge in [-0.15, -0.1) is 0 Å². The molecule has 0 aromatic carbocycles. The van der Waals surface area contributed by atoms with Gasteiger partial charge in [0.2, 0.25) is 5.88 Å². The number of carbonyl (C=O) groups excluding carboxylic acids is 1. The summed E-state index contributed by atoms with van der Waals surface area (Å²) >= 11 is 0. The second-order valence-electron chi connectivity index (χ2n) is 9.89. The summed E-state index contributed by atoms with van der Waals surface area (Å²) in [4.78, 5) is 25.2. The maximum absolute atomic E-state index is 13.7. The van der Waals surface area contributed by atoms with E-state index in [1.54, 1.807) is 27.7 Å². The van der Waals surface area contributed by atoms with Gasteiger partial charge < -0.3 is 28.9 Å². The molecule has 2 aromatic rings. The van der Waals surface area contributed by atoms with Crippen LogP contribution in [0.4, 0.5) is 0 Å². The van der Waals surface area contributed by atoms with Crippen molar-refractivity contribution in [2.24, 2.45) is 0 Å². The smallest absolute Gasteiger partial charge is 0.342 e. The average Bonchev–Trinajstić information content (AvgIpc) is 3.29. The molecule has 0 saturated carbocycles. The fourth-order valence-electron chi connectivity index (χ4n) is 4.03. The van der Waals surface area contributed by atoms with Crippen LogP contribution in [0.3, 0.4) is 0 Å². The van der Waals surface area contributed by atoms with Crippen molar-refractivity contribution in [3.63, 3.8) is 0 Å². The van der Waals surface area contributed by atoms with Crippen molar-refractivity contribution in [2.45, 2.75) is 84.1 Å². The van der Waals surface area contributed by atoms with E-state index in [4.69, 9.17) is 18.7 Å². The quantitative estimate of drug-likeness (QED) is 0.234. The van der Waals surface area contributed by atoms with Gasteiger partial charge in [-0.2, -0.15) is 4.98 Å². The largest absolute Gasteiger partial charge is 0.479 e. The Morgan fingerprint density at radius 3 is 2.65 bits per heavy atom. The number of hydrogen-bond acceptors (Lipinski definition) is 11. The van der Waals surface area contributed by atoms with Crippen LogP contribution in [-0.4, -0.2) is 85.4 Å². The van der Waals surface area contributed by atoms with Gasteiger partial charge in [0, 0.05) is 6.04 Å². The van der Waals surface area contributed by atoms with Gasteiger partial charge in [-0.25, -0.2) is 20.1 Å². The fraction of sp³-hybridized carbons (Fsp3) is 0.727. The Hall–Kier alpha value is -2.19. The SMILES string of the molecule is CCOC(=O)C(C)(C)NP(=O)(NC(C)C)OC[C@H]1O[C@@H](n2cnc3c(OC)nc(C)nc32)C(C)(O)[C@H]1O. The van der Waals surface area contributed by atoms with E-state index in [1.807, 2.05) is 0 Å². The summed E-state index contributed by atoms with van der Waals surface area (Å²) < 4.78 is 37.2. The minimum absolute atomic E-state index is 0.157. The van der Waals surface area contributed by atoms with Crippen LogP contribution < -0.4 is 14.9 Å². The molecule has 4 N–H and O–H groups in total. The third-order valence-electron chi connectivity index (χ3n) is 5.76. The Labute approximate surface area is 215 Å². The van der Waals surface area contributed by atoms with Crippen molar-refractivity contribution in [3.8, 4) is 5.88 Å². The number of fused-ring (bicyclic) bond motifs is 1. The van der Waals surface area contributed by atoms with Crippen LogP contribution in [-0.2, 0) is 23.4 Å². The average molecular weight is 545 g/mol. The number of carbonyl (C=O) groups is 1. The van der Waals surface area contributed by atoms with E-state index >= 15 is 0 Å². The topological polar surface area (TPSA) is 179 Å². The van der Waals surface area contributed by atoms with E-state index in [9.17, 15) is 19.6 Å². The lowest BCUT2D eigenvalue weighted by Crippen LogP contribution is -2.49. The normalized spacial score (nSPS) is 26.0. The van der Waals surface area contributed by atoms with E-state index in [0.29, 0.717) is 17.0 Å². The molecule has 0 spiro atoms. The van der Waals surface area contributed by atoms with E-state index in [-0.39, 0.29) is 25.1 Å². The zero-order valence-electron chi connectivity index (χ0n) is 22.4. The second-order valence-corrected chi connectivity index (χ2v) is 11.7. The molecule has 0 aliphatic carbocycles. The molecule has 15 heteroatoms. The molecule has 3 heterocycles. The van der Waals surface area contributed by atoms with Gasteiger partial charge in [0.05, 0.1) is 26.7 Å². The van der Waals surface area contributed by atoms with Gasteiger partial charge in [0.25, 0.3) is 0 Å². The summed E-state index contributed by atoms with van der Waals surface area (Å²) in [6.07, 6.45) is -2.21. The highest BCUT2D eigenvalue weighted by Gasteiger charge is 2.54. The summed E-state index contributed by atoms with van der Waals surface area (Å²) in [5.74, 6) is 0.0692. The molecule has 1 saturated heterocycles. The maximum Gasteiger partial charge on any atom is 0.342 e. The Balaban J connectivity index is 1.84. The first kappa shape index (κ1) is 29.4. The summed E-state index contributed by atoms with van der Waals surface area (Å²) in [5.41, 5.74) is -2.44. The minimum Gasteiger partial charge on any atom is -0.479 e. The van der Waals surface area contributed by atoms with Crippen molar-refractivity contribution in [1.82, 2.24) is 29.7 Å². The monoisotopic (exact) mass is 544 g/mol. The molecule has 2 unspecified atom stereocenters. The van der Waals surface area contributed by atoms with Crippen molar-refractivity contribution >= 4 is 24.8 Å². The first-order valence-corrected chi connectivity index (χ1v) is 13.6. The van der Waals surface area contributed by atoms with E-state index < -0.39 is 43.2 Å². The predicted molar refractivity (Wildman–Crippen MR) is 133 cm³/mol. The molecule has 1 aliphatic rings. The van der Waals surface area contributed by atoms with Crippen LogP contribution in [0.25, 0.3) is 11.2 Å². The predicted octanol–water partition coefficient (Wildman–Crippen LogP) is 1.21. The third-order valence-corrected chi connectivity index (χ3v) is 7.99. The lowest BCUT2D eigenvalue weighted by atomic mass is 9.96. The molecule has 208 valence electrons. The first-order valence-electron chi connectivity index (χ1n) is 11.9. The maximum atomic E-state index is 13.7. The molecule has 3 rings (SSSR count). The van der Waals surface area contributed by atoms with Crippen LogP contribution in [0.1, 0.15) is 53.6 Å². The first-order chi connectivity index (χ1) is 17.1. The number of ether oxygens (including phenoxy) is 3. The number of aromatic nitrogens is 4. The third kappa shape index (κ3) is 6.11. The zero-order chi connectivity index (χ0) is 27.8. The molecule has 1 aliphatic heterocycles. The van der Waals surface area contributed by atoms with Crippen LogP contribution in [0, 0.1) is 6.92 Å². The molecule has 0 amide bonds. The molecule has 5 atom stereocenters. The standard InChI is InChI=1S/C22H37N6O8P/c1-9-34-20(30)21(5,6)27-37(32,26-12(2)3)35-10-14-16(29)22(7,31)19(36-14)28-11-23-15-17(28)24-13(4)25-18(15)33-8/h11-12,14,16,19,29,31H,9-10H2,1-8H3,(H2,26,27,32)/t14-,16+,19-,22?,37?/m1/s1. The zero-order valence-corrected chi connectivity index (χ0v) is 23.3. The summed E-state index contributed by atoms with van der Waals surface area (Å²) in [7, 11) is -2.40. The molecule has 1 fully saturated rings. The number of rotatable bonds is 11. The highest BCUT2D eigenvalue weighted by molar-refractivity contribution is 7.54. The summed E-state index contributed by atoms with van der Waals surface area (Å²) in [5, 5.41) is 27.7. The molecule has 14 nitrogen and oxygen atoms in total. The number of nitrogens with one attached hydrogen (secondary N) is 2. The van der Waals surface area contributed by atoms with Crippen molar-refractivity contribution in [1.29, 1.82) is 0 Å². The molecular formula is C22H37N6O8P. The Morgan fingerprint density at radius 1 is 1.38 bits per heavy atom. The number of esters is 1. The number of aliphatic hydroxyl groups is 2. The fourth-order valence-corrected chi connectivity index (χ4v) is 6.10. The number of imidazole rings is 1. The van der Waals surface area contributed by atoms with Gasteiger partial charge in [-0.3, -0.25) is 13.9 Å². The van der Waals surface area contributed by atoms with Crippen LogP contribution in [0.5, 0.6) is 5.88 Å². The van der Waals surface area contributed by atoms with Crippen molar-refractivity contribution < 1.29 is 38.3 Å². The lowest BCUT2D eigenvalue weighted by Gasteiger charge is -2.31. The number of hydrogen-bond donors (Lipinski definition) is 4. The minimum atomic E-state index is -3.86. The van der Waals surface area contributed by atoms with Crippen LogP contribution in [0.2, 0.25) is 0 Å². The highest BCUT2D eigenvalue weighted by atomic mass is 31.2. The van der Waals surface area contributed by atoms with Gasteiger partial charge in [0.15, 0.2) is 17.4 Å². The molecule has 37 heavy (non-hydrogen) atoms. The van der Waals surface area contributed by atoms with Gasteiger partial charge in [-0.05, 0) is 48.5 Å². The highest BCUT2D eigenvalue weighted by Crippen LogP contribution is 2.45. The molecule has 0 bridgehead atoms. The summed E-state index contributed by atoms with van der Waals surface area (Å²) in [6.45, 7) is 11.1. The Bertz CT molecular complexity index is 1170. The van der Waals surface area contributed by atoms with Gasteiger partial charge in [-0.1, -0.05) is 0 Å². The summed E-state index contributed by atoms with van der Waals surface area (Å²) in [6, 6.07) is -0.281. The van der Waals surface area contributed by atoms with E-state index in [0.717, 1.165) is 0 Å². The Morgan fingerprint density at radius 2 is 2.05 bits per heavy atom. The Kier molecular flexibility index (Phi) is 8.64.